The van der Waals surface area contributed by atoms with Gasteiger partial charge in [-0.05, 0) is 34.4 Å². The quantitative estimate of drug-likeness (QED) is 0.816. The van der Waals surface area contributed by atoms with Gasteiger partial charge in [0.2, 0.25) is 0 Å². The van der Waals surface area contributed by atoms with E-state index in [0.29, 0.717) is 17.8 Å². The summed E-state index contributed by atoms with van der Waals surface area (Å²) >= 11 is 4.71. The Hall–Kier alpha value is -0.510. The van der Waals surface area contributed by atoms with Crippen molar-refractivity contribution < 1.29 is 11.0 Å². The van der Waals surface area contributed by atoms with E-state index in [-0.39, 0.29) is 11.0 Å². The molecule has 0 aliphatic heterocycles. The first-order chi connectivity index (χ1) is 7.34. The minimum Gasteiger partial charge on any atom is -0.412 e. The second-order valence-corrected chi connectivity index (χ2v) is 5.96. The lowest BCUT2D eigenvalue weighted by atomic mass is 9.89. The first kappa shape index (κ1) is 19.8. The largest absolute Gasteiger partial charge is 0.412 e. The van der Waals surface area contributed by atoms with Crippen LogP contribution in [0, 0.1) is 0 Å². The van der Waals surface area contributed by atoms with E-state index in [1.54, 1.807) is 0 Å². The topological polar surface area (TPSA) is 63.0 Å². The van der Waals surface area contributed by atoms with Crippen LogP contribution >= 0.6 is 12.6 Å². The fourth-order valence-electron chi connectivity index (χ4n) is 1.92. The molecule has 4 N–H and O–H groups in total. The molecular weight excluding hydrogens is 244 g/mol. The maximum atomic E-state index is 4.71. The molecule has 0 atom stereocenters. The van der Waals surface area contributed by atoms with Crippen LogP contribution in [0.5, 0.6) is 0 Å². The molecule has 0 fully saturated rings. The van der Waals surface area contributed by atoms with Gasteiger partial charge in [0.1, 0.15) is 0 Å². The molecule has 0 bridgehead atoms. The van der Waals surface area contributed by atoms with Crippen molar-refractivity contribution in [3.8, 4) is 0 Å². The van der Waals surface area contributed by atoms with Crippen LogP contribution < -0.4 is 0 Å². The van der Waals surface area contributed by atoms with E-state index in [1.807, 2.05) is 0 Å². The van der Waals surface area contributed by atoms with E-state index in [2.05, 4.69) is 53.7 Å². The molecular formula is C15H28O2S. The Morgan fingerprint density at radius 3 is 1.28 bits per heavy atom. The fraction of sp³-hybridized carbons (Fsp3) is 0.600. The molecule has 0 aromatic heterocycles. The van der Waals surface area contributed by atoms with Gasteiger partial charge in [0.25, 0.3) is 0 Å². The molecule has 1 aromatic rings. The zero-order chi connectivity index (χ0) is 12.5. The number of benzene rings is 1. The van der Waals surface area contributed by atoms with Gasteiger partial charge in [-0.3, -0.25) is 0 Å². The SMILES string of the molecule is CC(C)c1cc(C(C)C)c(S)c(C(C)C)c1.O.O. The highest BCUT2D eigenvalue weighted by Crippen LogP contribution is 2.33. The van der Waals surface area contributed by atoms with Crippen LogP contribution in [-0.4, -0.2) is 11.0 Å². The van der Waals surface area contributed by atoms with Crippen molar-refractivity contribution in [2.24, 2.45) is 0 Å². The second kappa shape index (κ2) is 7.82. The van der Waals surface area contributed by atoms with Crippen molar-refractivity contribution in [1.29, 1.82) is 0 Å². The number of hydrogen-bond acceptors (Lipinski definition) is 1. The maximum absolute atomic E-state index is 4.71. The summed E-state index contributed by atoms with van der Waals surface area (Å²) in [5.74, 6) is 1.68. The zero-order valence-electron chi connectivity index (χ0n) is 12.3. The van der Waals surface area contributed by atoms with Crippen molar-refractivity contribution in [2.45, 2.75) is 64.2 Å². The van der Waals surface area contributed by atoms with Gasteiger partial charge in [-0.2, -0.15) is 0 Å². The lowest BCUT2D eigenvalue weighted by molar-refractivity contribution is 0.773. The van der Waals surface area contributed by atoms with E-state index in [9.17, 15) is 0 Å². The fourth-order valence-corrected chi connectivity index (χ4v) is 2.56. The van der Waals surface area contributed by atoms with E-state index in [0.717, 1.165) is 0 Å². The van der Waals surface area contributed by atoms with Crippen LogP contribution in [0.25, 0.3) is 0 Å². The van der Waals surface area contributed by atoms with E-state index < -0.39 is 0 Å². The summed E-state index contributed by atoms with van der Waals surface area (Å²) in [7, 11) is 0. The number of hydrogen-bond donors (Lipinski definition) is 1. The molecule has 0 amide bonds. The molecule has 2 nitrogen and oxygen atoms in total. The molecule has 1 aromatic carbocycles. The highest BCUT2D eigenvalue weighted by atomic mass is 32.1. The summed E-state index contributed by atoms with van der Waals surface area (Å²) in [6.45, 7) is 13.5. The second-order valence-electron chi connectivity index (χ2n) is 5.51. The third-order valence-corrected chi connectivity index (χ3v) is 3.62. The normalized spacial score (nSPS) is 10.6. The predicted molar refractivity (Wildman–Crippen MR) is 83.2 cm³/mol. The Balaban J connectivity index is 0. The van der Waals surface area contributed by atoms with Crippen molar-refractivity contribution in [3.05, 3.63) is 28.8 Å². The van der Waals surface area contributed by atoms with Gasteiger partial charge in [0.15, 0.2) is 0 Å². The molecule has 0 saturated carbocycles. The number of thiol groups is 1. The van der Waals surface area contributed by atoms with Crippen molar-refractivity contribution >= 4 is 12.6 Å². The van der Waals surface area contributed by atoms with E-state index in [4.69, 9.17) is 12.6 Å². The van der Waals surface area contributed by atoms with E-state index >= 15 is 0 Å². The highest BCUT2D eigenvalue weighted by Gasteiger charge is 2.14. The molecule has 18 heavy (non-hydrogen) atoms. The molecule has 0 aliphatic rings. The van der Waals surface area contributed by atoms with Crippen LogP contribution in [0.15, 0.2) is 17.0 Å². The van der Waals surface area contributed by atoms with Crippen LogP contribution in [0.4, 0.5) is 0 Å². The molecule has 1 rings (SSSR count). The van der Waals surface area contributed by atoms with Crippen LogP contribution in [0.3, 0.4) is 0 Å². The van der Waals surface area contributed by atoms with Crippen LogP contribution in [0.2, 0.25) is 0 Å². The summed E-state index contributed by atoms with van der Waals surface area (Å²) in [6.07, 6.45) is 0. The van der Waals surface area contributed by atoms with Gasteiger partial charge >= 0.3 is 0 Å². The standard InChI is InChI=1S/C15H24S.2H2O/c1-9(2)12-7-13(10(3)4)15(16)14(8-12)11(5)6;;/h7-11,16H,1-6H3;2*1H2. The molecule has 0 saturated heterocycles. The molecule has 3 heteroatoms. The summed E-state index contributed by atoms with van der Waals surface area (Å²) in [5, 5.41) is 0. The average molecular weight is 272 g/mol. The third kappa shape index (κ3) is 4.30. The van der Waals surface area contributed by atoms with Crippen LogP contribution in [0.1, 0.15) is 76.0 Å². The molecule has 0 spiro atoms. The minimum atomic E-state index is 0. The zero-order valence-corrected chi connectivity index (χ0v) is 13.2. The predicted octanol–water partition coefficient (Wildman–Crippen LogP) is 3.70. The van der Waals surface area contributed by atoms with Gasteiger partial charge < -0.3 is 11.0 Å². The monoisotopic (exact) mass is 272 g/mol. The van der Waals surface area contributed by atoms with Gasteiger partial charge in [-0.15, -0.1) is 12.6 Å². The molecule has 0 unspecified atom stereocenters. The molecule has 106 valence electrons. The first-order valence-electron chi connectivity index (χ1n) is 6.21. The average Bonchev–Trinajstić information content (AvgIpc) is 2.16. The molecule has 0 radical (unpaired) electrons. The first-order valence-corrected chi connectivity index (χ1v) is 6.66. The van der Waals surface area contributed by atoms with Crippen LogP contribution in [-0.2, 0) is 0 Å². The van der Waals surface area contributed by atoms with Gasteiger partial charge in [0, 0.05) is 4.90 Å². The van der Waals surface area contributed by atoms with E-state index in [1.165, 1.54) is 21.6 Å². The number of rotatable bonds is 3. The summed E-state index contributed by atoms with van der Waals surface area (Å²) in [4.78, 5) is 1.19. The van der Waals surface area contributed by atoms with Crippen molar-refractivity contribution in [1.82, 2.24) is 0 Å². The Morgan fingerprint density at radius 1 is 0.722 bits per heavy atom. The minimum absolute atomic E-state index is 0. The van der Waals surface area contributed by atoms with Gasteiger partial charge in [-0.1, -0.05) is 53.7 Å². The van der Waals surface area contributed by atoms with Gasteiger partial charge in [-0.25, -0.2) is 0 Å². The Morgan fingerprint density at radius 2 is 1.06 bits per heavy atom. The van der Waals surface area contributed by atoms with Gasteiger partial charge in [0.05, 0.1) is 0 Å². The highest BCUT2D eigenvalue weighted by molar-refractivity contribution is 7.80. The smallest absolute Gasteiger partial charge is 0.0110 e. The summed E-state index contributed by atoms with van der Waals surface area (Å²) < 4.78 is 0. The lowest BCUT2D eigenvalue weighted by Gasteiger charge is -2.19. The Kier molecular flexibility index (Phi) is 8.61. The van der Waals surface area contributed by atoms with Crippen molar-refractivity contribution in [3.63, 3.8) is 0 Å². The third-order valence-electron chi connectivity index (χ3n) is 3.10. The molecule has 0 aliphatic carbocycles. The van der Waals surface area contributed by atoms with Crippen molar-refractivity contribution in [2.75, 3.05) is 0 Å². The maximum Gasteiger partial charge on any atom is 0.0110 e. The summed E-state index contributed by atoms with van der Waals surface area (Å²) in [6, 6.07) is 4.65. The molecule has 0 heterocycles. The summed E-state index contributed by atoms with van der Waals surface area (Å²) in [5.41, 5.74) is 4.21. The Bertz CT molecular complexity index is 342. The lowest BCUT2D eigenvalue weighted by Crippen LogP contribution is -2.01. The Labute approximate surface area is 117 Å².